The van der Waals surface area contributed by atoms with Crippen molar-refractivity contribution < 1.29 is 9.47 Å². The molecule has 3 nitrogen and oxygen atoms in total. The minimum Gasteiger partial charge on any atom is -0.493 e. The second-order valence-corrected chi connectivity index (χ2v) is 5.65. The first-order valence-electron chi connectivity index (χ1n) is 6.65. The summed E-state index contributed by atoms with van der Waals surface area (Å²) in [5.74, 6) is 1.74. The molecule has 3 rings (SSSR count). The van der Waals surface area contributed by atoms with Gasteiger partial charge in [0.25, 0.3) is 0 Å². The fraction of sp³-hybridized carbons (Fsp3) is 0.250. The number of rotatable bonds is 4. The van der Waals surface area contributed by atoms with E-state index in [9.17, 15) is 0 Å². The topological polar surface area (TPSA) is 44.5 Å². The summed E-state index contributed by atoms with van der Waals surface area (Å²) in [6, 6.07) is 12.0. The Balaban J connectivity index is 1.63. The van der Waals surface area contributed by atoms with Gasteiger partial charge in [0.05, 0.1) is 23.4 Å². The zero-order chi connectivity index (χ0) is 13.9. The average molecular weight is 334 g/mol. The summed E-state index contributed by atoms with van der Waals surface area (Å²) < 4.78 is 12.2. The van der Waals surface area contributed by atoms with Gasteiger partial charge in [0.15, 0.2) is 5.75 Å². The number of ether oxygens (including phenoxy) is 2. The molecule has 1 aliphatic heterocycles. The normalized spacial score (nSPS) is 12.8. The zero-order valence-corrected chi connectivity index (χ0v) is 12.7. The van der Waals surface area contributed by atoms with E-state index in [1.54, 1.807) is 0 Å². The first-order chi connectivity index (χ1) is 9.74. The molecule has 0 aliphatic carbocycles. The van der Waals surface area contributed by atoms with Gasteiger partial charge in [0, 0.05) is 12.8 Å². The minimum atomic E-state index is 0.604. The molecule has 2 aromatic carbocycles. The maximum absolute atomic E-state index is 5.90. The molecule has 1 aliphatic rings. The van der Waals surface area contributed by atoms with Crippen LogP contribution in [0.15, 0.2) is 40.9 Å². The van der Waals surface area contributed by atoms with Crippen LogP contribution in [0.4, 0.5) is 5.69 Å². The molecule has 0 radical (unpaired) electrons. The summed E-state index contributed by atoms with van der Waals surface area (Å²) in [6.45, 7) is 1.40. The van der Waals surface area contributed by atoms with Crippen molar-refractivity contribution in [2.45, 2.75) is 12.8 Å². The largest absolute Gasteiger partial charge is 0.493 e. The summed E-state index contributed by atoms with van der Waals surface area (Å²) in [5, 5.41) is 0. The quantitative estimate of drug-likeness (QED) is 0.869. The summed E-state index contributed by atoms with van der Waals surface area (Å²) in [4.78, 5) is 0. The lowest BCUT2D eigenvalue weighted by molar-refractivity contribution is 0.321. The molecule has 0 aromatic heterocycles. The number of nitrogen functional groups attached to an aromatic ring is 1. The van der Waals surface area contributed by atoms with Crippen molar-refractivity contribution in [1.29, 1.82) is 0 Å². The molecule has 2 N–H and O–H groups in total. The second-order valence-electron chi connectivity index (χ2n) is 4.80. The van der Waals surface area contributed by atoms with Gasteiger partial charge in [0.1, 0.15) is 5.75 Å². The van der Waals surface area contributed by atoms with Crippen molar-refractivity contribution in [2.75, 3.05) is 18.9 Å². The van der Waals surface area contributed by atoms with Crippen molar-refractivity contribution in [3.05, 3.63) is 52.0 Å². The summed E-state index contributed by atoms with van der Waals surface area (Å²) in [5.41, 5.74) is 9.12. The summed E-state index contributed by atoms with van der Waals surface area (Å²) in [7, 11) is 0. The van der Waals surface area contributed by atoms with E-state index in [4.69, 9.17) is 15.2 Å². The first kappa shape index (κ1) is 13.3. The third kappa shape index (κ3) is 2.75. The van der Waals surface area contributed by atoms with Crippen LogP contribution < -0.4 is 15.2 Å². The van der Waals surface area contributed by atoms with Crippen LogP contribution in [0.2, 0.25) is 0 Å². The predicted molar refractivity (Wildman–Crippen MR) is 83.4 cm³/mol. The van der Waals surface area contributed by atoms with Gasteiger partial charge >= 0.3 is 0 Å². The monoisotopic (exact) mass is 333 g/mol. The van der Waals surface area contributed by atoms with Crippen molar-refractivity contribution in [2.24, 2.45) is 0 Å². The fourth-order valence-corrected chi connectivity index (χ4v) is 2.84. The van der Waals surface area contributed by atoms with Crippen LogP contribution >= 0.6 is 15.9 Å². The number of fused-ring (bicyclic) bond motifs is 1. The molecule has 0 atom stereocenters. The Bertz CT molecular complexity index is 608. The molecule has 0 unspecified atom stereocenters. The number of hydrogen-bond donors (Lipinski definition) is 1. The smallest absolute Gasteiger partial charge is 0.156 e. The molecule has 0 spiro atoms. The Labute approximate surface area is 126 Å². The first-order valence-corrected chi connectivity index (χ1v) is 7.45. The predicted octanol–water partition coefficient (Wildman–Crippen LogP) is 3.59. The fourth-order valence-electron chi connectivity index (χ4n) is 2.34. The molecule has 104 valence electrons. The maximum atomic E-state index is 5.90. The van der Waals surface area contributed by atoms with Crippen LogP contribution in [0.3, 0.4) is 0 Å². The highest BCUT2D eigenvalue weighted by atomic mass is 79.9. The maximum Gasteiger partial charge on any atom is 0.156 e. The van der Waals surface area contributed by atoms with Gasteiger partial charge in [-0.25, -0.2) is 0 Å². The van der Waals surface area contributed by atoms with Crippen molar-refractivity contribution in [1.82, 2.24) is 0 Å². The molecular formula is C16H16BrNO2. The minimum absolute atomic E-state index is 0.604. The molecule has 20 heavy (non-hydrogen) atoms. The van der Waals surface area contributed by atoms with Crippen molar-refractivity contribution in [3.63, 3.8) is 0 Å². The van der Waals surface area contributed by atoms with Gasteiger partial charge in [-0.3, -0.25) is 0 Å². The van der Waals surface area contributed by atoms with E-state index in [-0.39, 0.29) is 0 Å². The Morgan fingerprint density at radius 1 is 1.25 bits per heavy atom. The van der Waals surface area contributed by atoms with Gasteiger partial charge in [-0.15, -0.1) is 0 Å². The van der Waals surface area contributed by atoms with Crippen LogP contribution in [-0.2, 0) is 12.8 Å². The Morgan fingerprint density at radius 2 is 2.15 bits per heavy atom. The SMILES string of the molecule is Nc1cccc(Br)c1OCCc1ccc2c(c1)CCO2. The van der Waals surface area contributed by atoms with E-state index in [0.29, 0.717) is 12.3 Å². The number of para-hydroxylation sites is 1. The van der Waals surface area contributed by atoms with Crippen LogP contribution in [-0.4, -0.2) is 13.2 Å². The Kier molecular flexibility index (Phi) is 3.83. The molecule has 4 heteroatoms. The van der Waals surface area contributed by atoms with Gasteiger partial charge in [-0.05, 0) is 45.3 Å². The van der Waals surface area contributed by atoms with Crippen molar-refractivity contribution in [3.8, 4) is 11.5 Å². The van der Waals surface area contributed by atoms with Crippen LogP contribution in [0.25, 0.3) is 0 Å². The van der Waals surface area contributed by atoms with E-state index < -0.39 is 0 Å². The number of hydrogen-bond acceptors (Lipinski definition) is 3. The molecule has 0 bridgehead atoms. The van der Waals surface area contributed by atoms with E-state index >= 15 is 0 Å². The lowest BCUT2D eigenvalue weighted by Gasteiger charge is -2.11. The zero-order valence-electron chi connectivity index (χ0n) is 11.1. The highest BCUT2D eigenvalue weighted by Gasteiger charge is 2.12. The molecule has 1 heterocycles. The van der Waals surface area contributed by atoms with Crippen LogP contribution in [0.1, 0.15) is 11.1 Å². The molecule has 0 fully saturated rings. The molecule has 0 amide bonds. The highest BCUT2D eigenvalue weighted by Crippen LogP contribution is 2.31. The Morgan fingerprint density at radius 3 is 3.00 bits per heavy atom. The van der Waals surface area contributed by atoms with Crippen LogP contribution in [0, 0.1) is 0 Å². The van der Waals surface area contributed by atoms with Gasteiger partial charge < -0.3 is 15.2 Å². The van der Waals surface area contributed by atoms with Gasteiger partial charge in [-0.1, -0.05) is 18.2 Å². The van der Waals surface area contributed by atoms with Crippen molar-refractivity contribution >= 4 is 21.6 Å². The van der Waals surface area contributed by atoms with E-state index in [0.717, 1.165) is 35.4 Å². The third-order valence-corrected chi connectivity index (χ3v) is 4.01. The van der Waals surface area contributed by atoms with E-state index in [1.807, 2.05) is 24.3 Å². The molecule has 0 saturated heterocycles. The number of nitrogens with two attached hydrogens (primary N) is 1. The number of halogens is 1. The van der Waals surface area contributed by atoms with E-state index in [1.165, 1.54) is 11.1 Å². The van der Waals surface area contributed by atoms with Gasteiger partial charge in [-0.2, -0.15) is 0 Å². The van der Waals surface area contributed by atoms with Gasteiger partial charge in [0.2, 0.25) is 0 Å². The molecule has 2 aromatic rings. The second kappa shape index (κ2) is 5.75. The summed E-state index contributed by atoms with van der Waals surface area (Å²) >= 11 is 3.45. The highest BCUT2D eigenvalue weighted by molar-refractivity contribution is 9.10. The molecule has 0 saturated carbocycles. The number of benzene rings is 2. The number of anilines is 1. The standard InChI is InChI=1S/C16H16BrNO2/c17-13-2-1-3-14(18)16(13)20-8-6-11-4-5-15-12(10-11)7-9-19-15/h1-5,10H,6-9,18H2. The Hall–Kier alpha value is -1.68. The summed E-state index contributed by atoms with van der Waals surface area (Å²) in [6.07, 6.45) is 1.86. The lowest BCUT2D eigenvalue weighted by Crippen LogP contribution is -2.04. The van der Waals surface area contributed by atoms with E-state index in [2.05, 4.69) is 28.1 Å². The lowest BCUT2D eigenvalue weighted by atomic mass is 10.1. The third-order valence-electron chi connectivity index (χ3n) is 3.39. The molecular weight excluding hydrogens is 318 g/mol. The average Bonchev–Trinajstić information content (AvgIpc) is 2.89. The van der Waals surface area contributed by atoms with Crippen LogP contribution in [0.5, 0.6) is 11.5 Å².